The van der Waals surface area contributed by atoms with E-state index in [0.29, 0.717) is 37.1 Å². The van der Waals surface area contributed by atoms with Crippen LogP contribution in [0.2, 0.25) is 0 Å². The molecule has 2 aliphatic heterocycles. The van der Waals surface area contributed by atoms with Crippen molar-refractivity contribution in [2.75, 3.05) is 43.5 Å². The molecule has 0 aliphatic carbocycles. The molecule has 5 rings (SSSR count). The smallest absolute Gasteiger partial charge is 0.229 e. The number of rotatable bonds is 11. The third-order valence-electron chi connectivity index (χ3n) is 7.98. The fraction of sp³-hybridized carbons (Fsp3) is 0.515. The average Bonchev–Trinajstić information content (AvgIpc) is 3.52. The first-order valence-electron chi connectivity index (χ1n) is 15.6. The molecule has 0 saturated carbocycles. The molecular weight excluding hydrogens is 556 g/mol. The zero-order valence-electron chi connectivity index (χ0n) is 26.5. The van der Waals surface area contributed by atoms with E-state index in [1.807, 2.05) is 26.0 Å². The first kappa shape index (κ1) is 31.8. The van der Waals surface area contributed by atoms with Gasteiger partial charge in [-0.2, -0.15) is 4.98 Å². The molecule has 1 saturated heterocycles. The van der Waals surface area contributed by atoms with Gasteiger partial charge in [-0.15, -0.1) is 0 Å². The lowest BCUT2D eigenvalue weighted by molar-refractivity contribution is -0.125. The highest BCUT2D eigenvalue weighted by Crippen LogP contribution is 2.29. The van der Waals surface area contributed by atoms with Crippen molar-refractivity contribution in [2.24, 2.45) is 5.92 Å². The third kappa shape index (κ3) is 8.29. The quantitative estimate of drug-likeness (QED) is 0.204. The lowest BCUT2D eigenvalue weighted by atomic mass is 9.91. The van der Waals surface area contributed by atoms with Crippen LogP contribution in [0.5, 0.6) is 0 Å². The number of benzene rings is 1. The standard InChI is InChI=1S/C33H46N8O3/c1-21(2)37-31(43)27-18-36-32(40-29(27)38-26-8-11-34-28(17-26)33(3,4)5)39-25-7-6-22-9-13-41(19-24(22)16-25)14-12-35-30(42)23-10-15-44-20-23/h6-8,11,16-18,21,23,31,37,43H,9-10,12-15,19-20H2,1-5H3,(H,35,42)(H2,34,36,38,39,40). The normalized spacial score (nSPS) is 17.8. The van der Waals surface area contributed by atoms with E-state index in [0.717, 1.165) is 49.5 Å². The Morgan fingerprint density at radius 3 is 2.68 bits per heavy atom. The molecule has 2 atom stereocenters. The van der Waals surface area contributed by atoms with Crippen molar-refractivity contribution >= 4 is 29.0 Å². The van der Waals surface area contributed by atoms with Crippen molar-refractivity contribution in [3.8, 4) is 0 Å². The van der Waals surface area contributed by atoms with E-state index in [1.54, 1.807) is 12.4 Å². The summed E-state index contributed by atoms with van der Waals surface area (Å²) < 4.78 is 5.34. The van der Waals surface area contributed by atoms with Gasteiger partial charge in [-0.25, -0.2) is 4.98 Å². The fourth-order valence-corrected chi connectivity index (χ4v) is 5.45. The number of carbonyl (C=O) groups is 1. The van der Waals surface area contributed by atoms with Crippen LogP contribution in [0.3, 0.4) is 0 Å². The first-order chi connectivity index (χ1) is 21.0. The molecule has 2 aliphatic rings. The second kappa shape index (κ2) is 14.0. The van der Waals surface area contributed by atoms with Crippen LogP contribution in [0.15, 0.2) is 42.7 Å². The zero-order chi connectivity index (χ0) is 31.3. The molecule has 11 nitrogen and oxygen atoms in total. The first-order valence-corrected chi connectivity index (χ1v) is 15.6. The number of amides is 1. The van der Waals surface area contributed by atoms with Gasteiger partial charge in [0.05, 0.1) is 18.1 Å². The van der Waals surface area contributed by atoms with Crippen molar-refractivity contribution < 1.29 is 14.6 Å². The summed E-state index contributed by atoms with van der Waals surface area (Å²) in [7, 11) is 0. The molecule has 3 aromatic rings. The van der Waals surface area contributed by atoms with Crippen molar-refractivity contribution in [3.05, 3.63) is 65.1 Å². The molecule has 0 radical (unpaired) electrons. The van der Waals surface area contributed by atoms with E-state index < -0.39 is 6.23 Å². The Balaban J connectivity index is 1.28. The molecular formula is C33H46N8O3. The highest BCUT2D eigenvalue weighted by atomic mass is 16.5. The van der Waals surface area contributed by atoms with Crippen molar-refractivity contribution in [1.29, 1.82) is 0 Å². The minimum Gasteiger partial charge on any atom is -0.381 e. The number of aromatic nitrogens is 3. The summed E-state index contributed by atoms with van der Waals surface area (Å²) in [6, 6.07) is 10.3. The number of nitrogens with zero attached hydrogens (tertiary/aromatic N) is 4. The predicted molar refractivity (Wildman–Crippen MR) is 172 cm³/mol. The molecule has 1 fully saturated rings. The number of hydrogen-bond donors (Lipinski definition) is 5. The van der Waals surface area contributed by atoms with Crippen LogP contribution in [0, 0.1) is 5.92 Å². The number of carbonyl (C=O) groups excluding carboxylic acids is 1. The lowest BCUT2D eigenvalue weighted by Crippen LogP contribution is -2.39. The Labute approximate surface area is 260 Å². The topological polar surface area (TPSA) is 137 Å². The molecule has 4 heterocycles. The molecule has 0 spiro atoms. The van der Waals surface area contributed by atoms with Crippen LogP contribution >= 0.6 is 0 Å². The van der Waals surface area contributed by atoms with E-state index in [1.165, 1.54) is 11.1 Å². The maximum atomic E-state index is 12.3. The zero-order valence-corrected chi connectivity index (χ0v) is 26.5. The minimum atomic E-state index is -0.943. The van der Waals surface area contributed by atoms with E-state index in [-0.39, 0.29) is 23.3 Å². The van der Waals surface area contributed by atoms with E-state index in [9.17, 15) is 9.90 Å². The van der Waals surface area contributed by atoms with Crippen molar-refractivity contribution in [2.45, 2.75) is 71.7 Å². The van der Waals surface area contributed by atoms with Crippen LogP contribution in [-0.4, -0.2) is 69.8 Å². The van der Waals surface area contributed by atoms with Gasteiger partial charge < -0.3 is 25.8 Å². The number of aliphatic hydroxyl groups is 1. The number of hydrogen-bond acceptors (Lipinski definition) is 10. The maximum Gasteiger partial charge on any atom is 0.229 e. The Hall–Kier alpha value is -3.64. The van der Waals surface area contributed by atoms with Crippen molar-refractivity contribution in [1.82, 2.24) is 30.5 Å². The Bertz CT molecular complexity index is 1430. The van der Waals surface area contributed by atoms with Crippen molar-refractivity contribution in [3.63, 3.8) is 0 Å². The van der Waals surface area contributed by atoms with Crippen LogP contribution in [0.25, 0.3) is 0 Å². The fourth-order valence-electron chi connectivity index (χ4n) is 5.45. The van der Waals surface area contributed by atoms with Gasteiger partial charge >= 0.3 is 0 Å². The van der Waals surface area contributed by atoms with Gasteiger partial charge in [0.15, 0.2) is 0 Å². The molecule has 1 amide bonds. The summed E-state index contributed by atoms with van der Waals surface area (Å²) in [4.78, 5) is 28.6. The summed E-state index contributed by atoms with van der Waals surface area (Å²) in [5.41, 5.74) is 5.67. The monoisotopic (exact) mass is 602 g/mol. The summed E-state index contributed by atoms with van der Waals surface area (Å²) in [6.07, 6.45) is 4.25. The van der Waals surface area contributed by atoms with Gasteiger partial charge in [0.25, 0.3) is 0 Å². The summed E-state index contributed by atoms with van der Waals surface area (Å²) in [5.74, 6) is 1.00. The number of pyridine rings is 1. The minimum absolute atomic E-state index is 0.0156. The number of anilines is 4. The molecule has 2 unspecified atom stereocenters. The van der Waals surface area contributed by atoms with Crippen LogP contribution in [0.4, 0.5) is 23.1 Å². The SMILES string of the molecule is CC(C)NC(O)c1cnc(Nc2ccc3c(c2)CN(CCNC(=O)C2CCOC2)CC3)nc1Nc1ccnc(C(C)(C)C)c1. The number of aliphatic hydroxyl groups excluding tert-OH is 1. The second-order valence-corrected chi connectivity index (χ2v) is 13.0. The molecule has 11 heteroatoms. The molecule has 1 aromatic carbocycles. The number of ether oxygens (including phenoxy) is 1. The van der Waals surface area contributed by atoms with Gasteiger partial charge in [0.1, 0.15) is 12.0 Å². The molecule has 44 heavy (non-hydrogen) atoms. The maximum absolute atomic E-state index is 12.3. The highest BCUT2D eigenvalue weighted by Gasteiger charge is 2.24. The van der Waals surface area contributed by atoms with Crippen LogP contribution in [0.1, 0.15) is 69.7 Å². The third-order valence-corrected chi connectivity index (χ3v) is 7.98. The van der Waals surface area contributed by atoms with E-state index >= 15 is 0 Å². The van der Waals surface area contributed by atoms with Crippen LogP contribution < -0.4 is 21.3 Å². The second-order valence-electron chi connectivity index (χ2n) is 13.0. The predicted octanol–water partition coefficient (Wildman–Crippen LogP) is 4.16. The molecule has 0 bridgehead atoms. The van der Waals surface area contributed by atoms with Crippen LogP contribution in [-0.2, 0) is 27.9 Å². The van der Waals surface area contributed by atoms with Gasteiger partial charge in [-0.3, -0.25) is 20.0 Å². The lowest BCUT2D eigenvalue weighted by Gasteiger charge is -2.29. The molecule has 2 aromatic heterocycles. The van der Waals surface area contributed by atoms with E-state index in [2.05, 4.69) is 75.1 Å². The number of fused-ring (bicyclic) bond motifs is 1. The van der Waals surface area contributed by atoms with Gasteiger partial charge in [0.2, 0.25) is 11.9 Å². The van der Waals surface area contributed by atoms with Gasteiger partial charge in [-0.1, -0.05) is 26.8 Å². The van der Waals surface area contributed by atoms with Gasteiger partial charge in [-0.05, 0) is 62.1 Å². The van der Waals surface area contributed by atoms with E-state index in [4.69, 9.17) is 9.72 Å². The summed E-state index contributed by atoms with van der Waals surface area (Å²) >= 11 is 0. The summed E-state index contributed by atoms with van der Waals surface area (Å²) in [5, 5.41) is 23.9. The number of nitrogens with one attached hydrogen (secondary N) is 4. The largest absolute Gasteiger partial charge is 0.381 e. The average molecular weight is 603 g/mol. The van der Waals surface area contributed by atoms with Gasteiger partial charge in [0, 0.05) is 73.7 Å². The highest BCUT2D eigenvalue weighted by molar-refractivity contribution is 5.79. The molecule has 5 N–H and O–H groups in total. The molecule has 236 valence electrons. The Kier molecular flexibility index (Phi) is 10.1. The Morgan fingerprint density at radius 1 is 1.11 bits per heavy atom. The summed E-state index contributed by atoms with van der Waals surface area (Å²) in [6.45, 7) is 14.7. The Morgan fingerprint density at radius 2 is 1.93 bits per heavy atom.